The van der Waals surface area contributed by atoms with Gasteiger partial charge in [0.05, 0.1) is 45.1 Å². The Hall–Kier alpha value is -7.34. The third-order valence-electron chi connectivity index (χ3n) is 10.8. The zero-order chi connectivity index (χ0) is 40.2. The molecule has 0 spiro atoms. The van der Waals surface area contributed by atoms with Crippen molar-refractivity contribution in [2.45, 2.75) is 37.0 Å². The Bertz CT molecular complexity index is 2280. The van der Waals surface area contributed by atoms with Crippen molar-refractivity contribution in [1.29, 1.82) is 0 Å². The molecule has 2 aliphatic heterocycles. The number of nitro groups is 2. The van der Waals surface area contributed by atoms with E-state index < -0.39 is 46.0 Å². The zero-order valence-corrected chi connectivity index (χ0v) is 31.2. The van der Waals surface area contributed by atoms with E-state index in [1.54, 1.807) is 72.8 Å². The number of anilines is 2. The molecule has 0 aliphatic carbocycles. The number of esters is 2. The van der Waals surface area contributed by atoms with Gasteiger partial charge in [-0.2, -0.15) is 0 Å². The van der Waals surface area contributed by atoms with Crippen LogP contribution in [0.1, 0.15) is 55.1 Å². The number of nitro benzene ring substituents is 2. The minimum absolute atomic E-state index is 0.0258. The normalized spacial score (nSPS) is 16.5. The van der Waals surface area contributed by atoms with Crippen LogP contribution in [0.2, 0.25) is 0 Å². The van der Waals surface area contributed by atoms with Gasteiger partial charge >= 0.3 is 11.9 Å². The van der Waals surface area contributed by atoms with Crippen LogP contribution in [0, 0.1) is 20.2 Å². The molecule has 0 N–H and O–H groups in total. The van der Waals surface area contributed by atoms with E-state index in [1.807, 2.05) is 72.8 Å². The number of ether oxygens (including phenoxy) is 2. The lowest BCUT2D eigenvalue weighted by Crippen LogP contribution is -2.49. The number of non-ortho nitro benzene ring substituents is 2. The van der Waals surface area contributed by atoms with Gasteiger partial charge in [0.2, 0.25) is 0 Å². The maximum absolute atomic E-state index is 13.4. The number of nitrogens with zero attached hydrogens (tertiary/aromatic N) is 4. The standard InChI is InChI=1S/C46H38N4O8/c51-45(33-17-9-3-10-18-33)57-29-39-27-35-25-37(49(53)54)21-23-41(35)47(39)43(31-13-5-1-6-14-31)44(32-15-7-2-8-16-32)48-40(30-58-46(52)34-19-11-4-12-20-34)28-36-26-38(50(55)56)22-24-42(36)48/h1-26,39-40,43-44H,27-30H2/t39-,40-,43+,44+/m1/s1. The van der Waals surface area contributed by atoms with Crippen molar-refractivity contribution in [3.63, 3.8) is 0 Å². The number of fused-ring (bicyclic) bond motifs is 2. The van der Waals surface area contributed by atoms with Crippen LogP contribution in [0.15, 0.2) is 158 Å². The van der Waals surface area contributed by atoms with E-state index in [0.717, 1.165) is 33.6 Å². The lowest BCUT2D eigenvalue weighted by atomic mass is 9.89. The average Bonchev–Trinajstić information content (AvgIpc) is 3.81. The minimum atomic E-state index is -0.541. The largest absolute Gasteiger partial charge is 0.460 e. The van der Waals surface area contributed by atoms with Gasteiger partial charge < -0.3 is 19.3 Å². The summed E-state index contributed by atoms with van der Waals surface area (Å²) in [4.78, 5) is 54.4. The van der Waals surface area contributed by atoms with Crippen LogP contribution < -0.4 is 9.80 Å². The SMILES string of the molecule is O=C(OC[C@H]1Cc2cc([N+](=O)[O-])ccc2N1[C@@H](c1ccccc1)[C@H](c1ccccc1)N1c2ccc([N+](=O)[O-])cc2C[C@@H]1COC(=O)c1ccccc1)c1ccccc1. The summed E-state index contributed by atoms with van der Waals surface area (Å²) in [6.07, 6.45) is 0.704. The van der Waals surface area contributed by atoms with Crippen LogP contribution in [-0.2, 0) is 22.3 Å². The molecule has 0 fully saturated rings. The second kappa shape index (κ2) is 16.4. The highest BCUT2D eigenvalue weighted by Crippen LogP contribution is 2.51. The van der Waals surface area contributed by atoms with Gasteiger partial charge in [-0.1, -0.05) is 97.1 Å². The first kappa shape index (κ1) is 37.6. The highest BCUT2D eigenvalue weighted by atomic mass is 16.6. The monoisotopic (exact) mass is 774 g/mol. The molecule has 0 unspecified atom stereocenters. The van der Waals surface area contributed by atoms with Gasteiger partial charge in [0, 0.05) is 35.6 Å². The molecule has 8 rings (SSSR count). The molecule has 0 saturated carbocycles. The van der Waals surface area contributed by atoms with E-state index in [9.17, 15) is 29.8 Å². The van der Waals surface area contributed by atoms with Crippen molar-refractivity contribution in [2.75, 3.05) is 23.0 Å². The molecule has 12 nitrogen and oxygen atoms in total. The fraction of sp³-hybridized carbons (Fsp3) is 0.174. The van der Waals surface area contributed by atoms with Crippen molar-refractivity contribution in [3.8, 4) is 0 Å². The maximum atomic E-state index is 13.4. The van der Waals surface area contributed by atoms with Gasteiger partial charge in [0.15, 0.2) is 0 Å². The van der Waals surface area contributed by atoms with Crippen molar-refractivity contribution in [1.82, 2.24) is 0 Å². The minimum Gasteiger partial charge on any atom is -0.460 e. The molecule has 0 amide bonds. The summed E-state index contributed by atoms with van der Waals surface area (Å²) in [5.41, 5.74) is 5.46. The van der Waals surface area contributed by atoms with E-state index in [-0.39, 0.29) is 24.6 Å². The maximum Gasteiger partial charge on any atom is 0.338 e. The molecular weight excluding hydrogens is 737 g/mol. The molecule has 58 heavy (non-hydrogen) atoms. The first-order valence-corrected chi connectivity index (χ1v) is 18.9. The molecule has 4 atom stereocenters. The summed E-state index contributed by atoms with van der Waals surface area (Å²) in [6, 6.07) is 44.8. The molecule has 2 heterocycles. The Labute approximate surface area is 334 Å². The third-order valence-corrected chi connectivity index (χ3v) is 10.8. The number of carbonyl (C=O) groups is 2. The summed E-state index contributed by atoms with van der Waals surface area (Å²) >= 11 is 0. The van der Waals surface area contributed by atoms with E-state index in [1.165, 1.54) is 12.1 Å². The van der Waals surface area contributed by atoms with Gasteiger partial charge in [-0.25, -0.2) is 9.59 Å². The quantitative estimate of drug-likeness (QED) is 0.0634. The van der Waals surface area contributed by atoms with Crippen LogP contribution in [0.4, 0.5) is 22.7 Å². The Morgan fingerprint density at radius 2 is 0.879 bits per heavy atom. The predicted octanol–water partition coefficient (Wildman–Crippen LogP) is 8.86. The van der Waals surface area contributed by atoms with Gasteiger partial charge in [0.1, 0.15) is 13.2 Å². The molecule has 0 radical (unpaired) electrons. The lowest BCUT2D eigenvalue weighted by Gasteiger charge is -2.46. The van der Waals surface area contributed by atoms with Gasteiger partial charge in [-0.05, 0) is 71.5 Å². The first-order chi connectivity index (χ1) is 28.3. The fourth-order valence-electron chi connectivity index (χ4n) is 8.28. The number of hydrogen-bond acceptors (Lipinski definition) is 10. The summed E-state index contributed by atoms with van der Waals surface area (Å²) < 4.78 is 12.0. The van der Waals surface area contributed by atoms with Crippen molar-refractivity contribution in [2.24, 2.45) is 0 Å². The summed E-state index contributed by atoms with van der Waals surface area (Å²) in [5.74, 6) is -0.984. The van der Waals surface area contributed by atoms with E-state index >= 15 is 0 Å². The Morgan fingerprint density at radius 1 is 0.534 bits per heavy atom. The third kappa shape index (κ3) is 7.59. The number of hydrogen-bond donors (Lipinski definition) is 0. The molecule has 0 bridgehead atoms. The van der Waals surface area contributed by atoms with Crippen LogP contribution in [-0.4, -0.2) is 47.1 Å². The number of rotatable bonds is 13. The van der Waals surface area contributed by atoms with Gasteiger partial charge in [-0.3, -0.25) is 20.2 Å². The second-order valence-corrected chi connectivity index (χ2v) is 14.3. The van der Waals surface area contributed by atoms with Gasteiger partial charge in [0.25, 0.3) is 11.4 Å². The summed E-state index contributed by atoms with van der Waals surface area (Å²) in [5, 5.41) is 24.0. The Balaban J connectivity index is 1.28. The van der Waals surface area contributed by atoms with Crippen LogP contribution in [0.5, 0.6) is 0 Å². The molecule has 0 aromatic heterocycles. The van der Waals surface area contributed by atoms with Crippen LogP contribution in [0.25, 0.3) is 0 Å². The highest BCUT2D eigenvalue weighted by molar-refractivity contribution is 5.90. The smallest absolute Gasteiger partial charge is 0.338 e. The summed E-state index contributed by atoms with van der Waals surface area (Å²) in [6.45, 7) is -0.0517. The molecule has 6 aromatic rings. The molecule has 2 aliphatic rings. The zero-order valence-electron chi connectivity index (χ0n) is 31.2. The second-order valence-electron chi connectivity index (χ2n) is 14.3. The molecule has 12 heteroatoms. The van der Waals surface area contributed by atoms with Crippen molar-refractivity contribution >= 4 is 34.7 Å². The van der Waals surface area contributed by atoms with E-state index in [2.05, 4.69) is 9.80 Å². The lowest BCUT2D eigenvalue weighted by molar-refractivity contribution is -0.385. The first-order valence-electron chi connectivity index (χ1n) is 18.9. The summed E-state index contributed by atoms with van der Waals surface area (Å²) in [7, 11) is 0. The predicted molar refractivity (Wildman–Crippen MR) is 218 cm³/mol. The van der Waals surface area contributed by atoms with Crippen LogP contribution in [0.3, 0.4) is 0 Å². The van der Waals surface area contributed by atoms with Crippen LogP contribution >= 0.6 is 0 Å². The fourth-order valence-corrected chi connectivity index (χ4v) is 8.28. The van der Waals surface area contributed by atoms with Gasteiger partial charge in [-0.15, -0.1) is 0 Å². The average molecular weight is 775 g/mol. The van der Waals surface area contributed by atoms with E-state index in [4.69, 9.17) is 9.47 Å². The molecule has 0 saturated heterocycles. The molecule has 290 valence electrons. The number of benzene rings is 6. The Kier molecular flexibility index (Phi) is 10.6. The molecular formula is C46H38N4O8. The highest BCUT2D eigenvalue weighted by Gasteiger charge is 2.46. The topological polar surface area (TPSA) is 145 Å². The van der Waals surface area contributed by atoms with Crippen molar-refractivity contribution in [3.05, 3.63) is 211 Å². The molecule has 6 aromatic carbocycles. The van der Waals surface area contributed by atoms with E-state index in [0.29, 0.717) is 24.0 Å². The van der Waals surface area contributed by atoms with Crippen molar-refractivity contribution < 1.29 is 28.9 Å². The number of carbonyl (C=O) groups excluding carboxylic acids is 2. The Morgan fingerprint density at radius 3 is 1.22 bits per heavy atom.